The van der Waals surface area contributed by atoms with E-state index in [-0.39, 0.29) is 17.1 Å². The lowest BCUT2D eigenvalue weighted by Gasteiger charge is -2.12. The molecule has 0 aliphatic carbocycles. The van der Waals surface area contributed by atoms with Crippen LogP contribution in [-0.4, -0.2) is 40.9 Å². The second-order valence-corrected chi connectivity index (χ2v) is 6.48. The van der Waals surface area contributed by atoms with E-state index in [1.807, 2.05) is 0 Å². The standard InChI is InChI=1S/C21H20N4O6/c1-14-13-19(26)20(23-24(14)17-5-3-4-6-18(17)25(28)29)21(27)22-15-7-9-16(10-8-15)31-12-11-30-2/h3-10,13H,11-12H2,1-2H3,(H,22,27). The minimum atomic E-state index is -0.731. The monoisotopic (exact) mass is 424 g/mol. The molecule has 1 heterocycles. The van der Waals surface area contributed by atoms with Crippen LogP contribution in [0.2, 0.25) is 0 Å². The van der Waals surface area contributed by atoms with Gasteiger partial charge in [0.15, 0.2) is 5.69 Å². The van der Waals surface area contributed by atoms with Crippen molar-refractivity contribution in [2.45, 2.75) is 6.92 Å². The molecule has 0 aliphatic heterocycles. The number of anilines is 1. The molecule has 31 heavy (non-hydrogen) atoms. The summed E-state index contributed by atoms with van der Waals surface area (Å²) in [5.74, 6) is -0.132. The first kappa shape index (κ1) is 21.7. The largest absolute Gasteiger partial charge is 0.491 e. The molecule has 1 amide bonds. The number of carbonyl (C=O) groups is 1. The summed E-state index contributed by atoms with van der Waals surface area (Å²) in [6, 6.07) is 13.7. The molecule has 0 aliphatic rings. The fraction of sp³-hybridized carbons (Fsp3) is 0.190. The van der Waals surface area contributed by atoms with Crippen LogP contribution in [0.25, 0.3) is 5.69 Å². The van der Waals surface area contributed by atoms with E-state index in [0.717, 1.165) is 0 Å². The molecule has 0 saturated heterocycles. The van der Waals surface area contributed by atoms with Crippen LogP contribution < -0.4 is 15.5 Å². The highest BCUT2D eigenvalue weighted by atomic mass is 16.6. The Morgan fingerprint density at radius 2 is 1.87 bits per heavy atom. The minimum absolute atomic E-state index is 0.150. The lowest BCUT2D eigenvalue weighted by Crippen LogP contribution is -2.27. The Morgan fingerprint density at radius 3 is 2.55 bits per heavy atom. The number of nitro groups is 1. The van der Waals surface area contributed by atoms with Crippen molar-refractivity contribution in [2.24, 2.45) is 0 Å². The second-order valence-electron chi connectivity index (χ2n) is 6.48. The van der Waals surface area contributed by atoms with Crippen LogP contribution >= 0.6 is 0 Å². The summed E-state index contributed by atoms with van der Waals surface area (Å²) in [7, 11) is 1.57. The molecule has 0 fully saturated rings. The number of hydrogen-bond acceptors (Lipinski definition) is 7. The average molecular weight is 424 g/mol. The second kappa shape index (κ2) is 9.63. The van der Waals surface area contributed by atoms with E-state index in [2.05, 4.69) is 10.4 Å². The molecule has 0 radical (unpaired) electrons. The maximum atomic E-state index is 12.7. The fourth-order valence-corrected chi connectivity index (χ4v) is 2.81. The van der Waals surface area contributed by atoms with Gasteiger partial charge in [-0.2, -0.15) is 5.10 Å². The third kappa shape index (κ3) is 5.11. The van der Waals surface area contributed by atoms with Gasteiger partial charge >= 0.3 is 0 Å². The van der Waals surface area contributed by atoms with Crippen LogP contribution in [-0.2, 0) is 4.74 Å². The van der Waals surface area contributed by atoms with Crippen LogP contribution in [0.4, 0.5) is 11.4 Å². The average Bonchev–Trinajstić information content (AvgIpc) is 2.75. The highest BCUT2D eigenvalue weighted by Gasteiger charge is 2.20. The fourth-order valence-electron chi connectivity index (χ4n) is 2.81. The molecule has 0 saturated carbocycles. The number of nitrogens with one attached hydrogen (secondary N) is 1. The van der Waals surface area contributed by atoms with Gasteiger partial charge in [0.2, 0.25) is 5.43 Å². The number of benzene rings is 2. The maximum Gasteiger partial charge on any atom is 0.294 e. The number of ether oxygens (including phenoxy) is 2. The van der Waals surface area contributed by atoms with E-state index < -0.39 is 16.3 Å². The van der Waals surface area contributed by atoms with Crippen LogP contribution in [0.3, 0.4) is 0 Å². The number of nitrogens with zero attached hydrogens (tertiary/aromatic N) is 3. The summed E-state index contributed by atoms with van der Waals surface area (Å²) in [4.78, 5) is 35.8. The van der Waals surface area contributed by atoms with Crippen LogP contribution in [0, 0.1) is 17.0 Å². The Morgan fingerprint density at radius 1 is 1.16 bits per heavy atom. The summed E-state index contributed by atoms with van der Waals surface area (Å²) in [5.41, 5.74) is -0.237. The van der Waals surface area contributed by atoms with Gasteiger partial charge in [-0.15, -0.1) is 0 Å². The number of nitro benzene ring substituents is 1. The van der Waals surface area contributed by atoms with Gasteiger partial charge in [0.25, 0.3) is 11.6 Å². The van der Waals surface area contributed by atoms with Crippen molar-refractivity contribution in [3.05, 3.63) is 86.3 Å². The van der Waals surface area contributed by atoms with E-state index in [1.165, 1.54) is 28.9 Å². The van der Waals surface area contributed by atoms with Crippen LogP contribution in [0.5, 0.6) is 5.75 Å². The minimum Gasteiger partial charge on any atom is -0.491 e. The van der Waals surface area contributed by atoms with E-state index in [4.69, 9.17) is 9.47 Å². The molecule has 0 atom stereocenters. The number of methoxy groups -OCH3 is 1. The Bertz CT molecular complexity index is 1160. The first-order chi connectivity index (χ1) is 14.9. The zero-order chi connectivity index (χ0) is 22.4. The zero-order valence-corrected chi connectivity index (χ0v) is 16.9. The van der Waals surface area contributed by atoms with Gasteiger partial charge in [-0.1, -0.05) is 12.1 Å². The van der Waals surface area contributed by atoms with Crippen molar-refractivity contribution >= 4 is 17.3 Å². The van der Waals surface area contributed by atoms with Gasteiger partial charge in [-0.05, 0) is 37.3 Å². The molecule has 0 unspecified atom stereocenters. The molecule has 3 aromatic rings. The van der Waals surface area contributed by atoms with Crippen molar-refractivity contribution in [3.8, 4) is 11.4 Å². The Hall–Kier alpha value is -4.05. The topological polar surface area (TPSA) is 126 Å². The number of para-hydroxylation sites is 2. The van der Waals surface area contributed by atoms with E-state index >= 15 is 0 Å². The number of rotatable bonds is 8. The molecular formula is C21H20N4O6. The Kier molecular flexibility index (Phi) is 6.73. The number of aromatic nitrogens is 2. The van der Waals surface area contributed by atoms with Crippen molar-refractivity contribution < 1.29 is 19.2 Å². The predicted molar refractivity (Wildman–Crippen MR) is 113 cm³/mol. The third-order valence-corrected chi connectivity index (χ3v) is 4.30. The third-order valence-electron chi connectivity index (χ3n) is 4.30. The summed E-state index contributed by atoms with van der Waals surface area (Å²) in [6.45, 7) is 2.42. The summed E-state index contributed by atoms with van der Waals surface area (Å²) >= 11 is 0. The smallest absolute Gasteiger partial charge is 0.294 e. The summed E-state index contributed by atoms with van der Waals surface area (Å²) < 4.78 is 11.6. The van der Waals surface area contributed by atoms with Gasteiger partial charge in [0.1, 0.15) is 18.0 Å². The number of amides is 1. The molecule has 1 aromatic heterocycles. The first-order valence-electron chi connectivity index (χ1n) is 9.28. The Labute approximate surface area is 177 Å². The van der Waals surface area contributed by atoms with Crippen LogP contribution in [0.1, 0.15) is 16.2 Å². The first-order valence-corrected chi connectivity index (χ1v) is 9.28. The van der Waals surface area contributed by atoms with Crippen molar-refractivity contribution in [1.29, 1.82) is 0 Å². The number of aryl methyl sites for hydroxylation is 1. The summed E-state index contributed by atoms with van der Waals surface area (Å²) in [5, 5.41) is 18.0. The number of hydrogen-bond donors (Lipinski definition) is 1. The van der Waals surface area contributed by atoms with E-state index in [0.29, 0.717) is 30.3 Å². The molecule has 1 N–H and O–H groups in total. The van der Waals surface area contributed by atoms with Crippen molar-refractivity contribution in [2.75, 3.05) is 25.6 Å². The molecule has 10 heteroatoms. The molecule has 160 valence electrons. The lowest BCUT2D eigenvalue weighted by atomic mass is 10.2. The summed E-state index contributed by atoms with van der Waals surface area (Å²) in [6.07, 6.45) is 0. The quantitative estimate of drug-likeness (QED) is 0.335. The SMILES string of the molecule is COCCOc1ccc(NC(=O)c2nn(-c3ccccc3[N+](=O)[O-])c(C)cc2=O)cc1. The molecule has 0 spiro atoms. The molecule has 2 aromatic carbocycles. The molecule has 0 bridgehead atoms. The van der Waals surface area contributed by atoms with E-state index in [9.17, 15) is 19.7 Å². The normalized spacial score (nSPS) is 10.5. The van der Waals surface area contributed by atoms with Crippen molar-refractivity contribution in [1.82, 2.24) is 9.78 Å². The highest BCUT2D eigenvalue weighted by molar-refractivity contribution is 6.02. The maximum absolute atomic E-state index is 12.7. The van der Waals surface area contributed by atoms with Crippen LogP contribution in [0.15, 0.2) is 59.4 Å². The molecule has 10 nitrogen and oxygen atoms in total. The van der Waals surface area contributed by atoms with Gasteiger partial charge in [-0.3, -0.25) is 19.7 Å². The van der Waals surface area contributed by atoms with E-state index in [1.54, 1.807) is 44.4 Å². The van der Waals surface area contributed by atoms with Gasteiger partial charge < -0.3 is 14.8 Å². The zero-order valence-electron chi connectivity index (χ0n) is 16.9. The van der Waals surface area contributed by atoms with Gasteiger partial charge in [-0.25, -0.2) is 4.68 Å². The Balaban J connectivity index is 1.86. The molecular weight excluding hydrogens is 404 g/mol. The lowest BCUT2D eigenvalue weighted by molar-refractivity contribution is -0.384. The molecule has 3 rings (SSSR count). The van der Waals surface area contributed by atoms with Gasteiger partial charge in [0, 0.05) is 30.6 Å². The van der Waals surface area contributed by atoms with Crippen molar-refractivity contribution in [3.63, 3.8) is 0 Å². The number of carbonyl (C=O) groups excluding carboxylic acids is 1. The highest BCUT2D eigenvalue weighted by Crippen LogP contribution is 2.22. The predicted octanol–water partition coefficient (Wildman–Crippen LogP) is 2.73. The van der Waals surface area contributed by atoms with Gasteiger partial charge in [0.05, 0.1) is 11.5 Å².